The highest BCUT2D eigenvalue weighted by Gasteiger charge is 1.98. The summed E-state index contributed by atoms with van der Waals surface area (Å²) in [6.07, 6.45) is 2.51. The monoisotopic (exact) mass is 213 g/mol. The molecule has 0 saturated carbocycles. The summed E-state index contributed by atoms with van der Waals surface area (Å²) in [6, 6.07) is 11.2. The second kappa shape index (κ2) is 7.84. The predicted molar refractivity (Wildman–Crippen MR) is 64.9 cm³/mol. The average molecular weight is 214 g/mol. The Kier molecular flexibility index (Phi) is 7.54. The molecule has 0 amide bonds. The fraction of sp³-hybridized carbons (Fsp3) is 0.500. The van der Waals surface area contributed by atoms with E-state index in [2.05, 4.69) is 49.5 Å². The van der Waals surface area contributed by atoms with E-state index in [0.29, 0.717) is 6.04 Å². The predicted octanol–water partition coefficient (Wildman–Crippen LogP) is 3.39. The van der Waals surface area contributed by atoms with Crippen LogP contribution in [0.5, 0.6) is 0 Å². The summed E-state index contributed by atoms with van der Waals surface area (Å²) in [5.41, 5.74) is 1.37. The molecule has 0 heterocycles. The smallest absolute Gasteiger partial charge is 0.0207 e. The van der Waals surface area contributed by atoms with E-state index >= 15 is 0 Å². The number of hydrogen-bond acceptors (Lipinski definition) is 1. The van der Waals surface area contributed by atoms with Crippen molar-refractivity contribution in [3.05, 3.63) is 35.9 Å². The van der Waals surface area contributed by atoms with E-state index in [9.17, 15) is 0 Å². The highest BCUT2D eigenvalue weighted by Crippen LogP contribution is 2.00. The van der Waals surface area contributed by atoms with E-state index in [0.717, 1.165) is 6.54 Å². The summed E-state index contributed by atoms with van der Waals surface area (Å²) in [7, 11) is 0. The normalized spacial score (nSPS) is 11.9. The van der Waals surface area contributed by atoms with Gasteiger partial charge in [0.1, 0.15) is 0 Å². The molecular formula is C12H20ClN. The summed E-state index contributed by atoms with van der Waals surface area (Å²) < 4.78 is 0. The van der Waals surface area contributed by atoms with Crippen LogP contribution in [0.3, 0.4) is 0 Å². The molecule has 0 radical (unpaired) electrons. The van der Waals surface area contributed by atoms with Crippen LogP contribution in [0.25, 0.3) is 0 Å². The van der Waals surface area contributed by atoms with Crippen molar-refractivity contribution >= 4 is 12.4 Å². The number of rotatable bonds is 5. The zero-order chi connectivity index (χ0) is 9.52. The van der Waals surface area contributed by atoms with Gasteiger partial charge in [-0.05, 0) is 18.9 Å². The van der Waals surface area contributed by atoms with Crippen LogP contribution in [0.2, 0.25) is 0 Å². The second-order valence-electron chi connectivity index (χ2n) is 3.56. The van der Waals surface area contributed by atoms with Crippen LogP contribution in [-0.4, -0.2) is 6.04 Å². The number of hydrogen-bond donors (Lipinski definition) is 1. The molecule has 0 fully saturated rings. The number of benzene rings is 1. The number of halogens is 1. The van der Waals surface area contributed by atoms with Crippen molar-refractivity contribution < 1.29 is 0 Å². The third kappa shape index (κ3) is 5.25. The van der Waals surface area contributed by atoms with Gasteiger partial charge in [-0.3, -0.25) is 0 Å². The van der Waals surface area contributed by atoms with Gasteiger partial charge in [-0.25, -0.2) is 0 Å². The van der Waals surface area contributed by atoms with Crippen LogP contribution in [0.15, 0.2) is 30.3 Å². The van der Waals surface area contributed by atoms with Crippen LogP contribution in [0.4, 0.5) is 0 Å². The van der Waals surface area contributed by atoms with Crippen LogP contribution in [-0.2, 0) is 6.54 Å². The van der Waals surface area contributed by atoms with E-state index in [1.54, 1.807) is 0 Å². The SMILES string of the molecule is CCCC(C)NCc1ccccc1.Cl. The Morgan fingerprint density at radius 1 is 1.21 bits per heavy atom. The summed E-state index contributed by atoms with van der Waals surface area (Å²) in [6.45, 7) is 5.45. The molecule has 1 nitrogen and oxygen atoms in total. The lowest BCUT2D eigenvalue weighted by atomic mass is 10.1. The van der Waals surface area contributed by atoms with Gasteiger partial charge in [0, 0.05) is 12.6 Å². The van der Waals surface area contributed by atoms with Gasteiger partial charge in [0.05, 0.1) is 0 Å². The first-order valence-electron chi connectivity index (χ1n) is 5.10. The molecule has 0 aromatic heterocycles. The van der Waals surface area contributed by atoms with E-state index in [1.165, 1.54) is 18.4 Å². The molecule has 0 aliphatic carbocycles. The van der Waals surface area contributed by atoms with Gasteiger partial charge in [0.25, 0.3) is 0 Å². The standard InChI is InChI=1S/C12H19N.ClH/c1-3-7-11(2)13-10-12-8-5-4-6-9-12;/h4-6,8-9,11,13H,3,7,10H2,1-2H3;1H. The summed E-state index contributed by atoms with van der Waals surface area (Å²) in [5.74, 6) is 0. The average Bonchev–Trinajstić information content (AvgIpc) is 2.17. The minimum Gasteiger partial charge on any atom is -0.310 e. The van der Waals surface area contributed by atoms with E-state index in [1.807, 2.05) is 0 Å². The van der Waals surface area contributed by atoms with Crippen LogP contribution < -0.4 is 5.32 Å². The maximum Gasteiger partial charge on any atom is 0.0207 e. The Morgan fingerprint density at radius 3 is 2.43 bits per heavy atom. The minimum atomic E-state index is 0. The molecule has 1 aromatic carbocycles. The van der Waals surface area contributed by atoms with Crippen LogP contribution >= 0.6 is 12.4 Å². The first-order chi connectivity index (χ1) is 6.33. The molecule has 0 aliphatic rings. The molecule has 14 heavy (non-hydrogen) atoms. The maximum atomic E-state index is 3.50. The highest BCUT2D eigenvalue weighted by atomic mass is 35.5. The van der Waals surface area contributed by atoms with E-state index < -0.39 is 0 Å². The van der Waals surface area contributed by atoms with Gasteiger partial charge in [0.15, 0.2) is 0 Å². The Balaban J connectivity index is 0.00000169. The van der Waals surface area contributed by atoms with Crippen molar-refractivity contribution in [3.63, 3.8) is 0 Å². The fourth-order valence-corrected chi connectivity index (χ4v) is 1.42. The third-order valence-corrected chi connectivity index (χ3v) is 2.22. The molecule has 2 heteroatoms. The quantitative estimate of drug-likeness (QED) is 0.791. The van der Waals surface area contributed by atoms with Crippen molar-refractivity contribution in [1.82, 2.24) is 5.32 Å². The Bertz CT molecular complexity index is 223. The third-order valence-electron chi connectivity index (χ3n) is 2.22. The summed E-state index contributed by atoms with van der Waals surface area (Å²) in [5, 5.41) is 3.50. The van der Waals surface area contributed by atoms with Crippen molar-refractivity contribution in [2.75, 3.05) is 0 Å². The molecule has 0 saturated heterocycles. The zero-order valence-corrected chi connectivity index (χ0v) is 9.81. The fourth-order valence-electron chi connectivity index (χ4n) is 1.42. The van der Waals surface area contributed by atoms with Crippen LogP contribution in [0, 0.1) is 0 Å². The lowest BCUT2D eigenvalue weighted by Crippen LogP contribution is -2.24. The van der Waals surface area contributed by atoms with Gasteiger partial charge in [-0.15, -0.1) is 12.4 Å². The van der Waals surface area contributed by atoms with Gasteiger partial charge in [-0.1, -0.05) is 43.7 Å². The van der Waals surface area contributed by atoms with Crippen molar-refractivity contribution in [3.8, 4) is 0 Å². The van der Waals surface area contributed by atoms with Crippen LogP contribution in [0.1, 0.15) is 32.3 Å². The Hall–Kier alpha value is -0.530. The lowest BCUT2D eigenvalue weighted by Gasteiger charge is -2.12. The highest BCUT2D eigenvalue weighted by molar-refractivity contribution is 5.85. The minimum absolute atomic E-state index is 0. The molecular weight excluding hydrogens is 194 g/mol. The molecule has 1 aromatic rings. The molecule has 0 aliphatic heterocycles. The summed E-state index contributed by atoms with van der Waals surface area (Å²) in [4.78, 5) is 0. The van der Waals surface area contributed by atoms with Gasteiger partial charge in [0.2, 0.25) is 0 Å². The first-order valence-corrected chi connectivity index (χ1v) is 5.10. The zero-order valence-electron chi connectivity index (χ0n) is 8.99. The van der Waals surface area contributed by atoms with E-state index in [4.69, 9.17) is 0 Å². The van der Waals surface area contributed by atoms with Crippen molar-refractivity contribution in [2.45, 2.75) is 39.3 Å². The molecule has 80 valence electrons. The molecule has 0 spiro atoms. The van der Waals surface area contributed by atoms with Gasteiger partial charge in [-0.2, -0.15) is 0 Å². The maximum absolute atomic E-state index is 3.50. The molecule has 1 unspecified atom stereocenters. The summed E-state index contributed by atoms with van der Waals surface area (Å²) >= 11 is 0. The molecule has 1 atom stereocenters. The topological polar surface area (TPSA) is 12.0 Å². The van der Waals surface area contributed by atoms with Crippen molar-refractivity contribution in [2.24, 2.45) is 0 Å². The Morgan fingerprint density at radius 2 is 1.86 bits per heavy atom. The van der Waals surface area contributed by atoms with Gasteiger partial charge >= 0.3 is 0 Å². The largest absolute Gasteiger partial charge is 0.310 e. The molecule has 1 rings (SSSR count). The first kappa shape index (κ1) is 13.5. The van der Waals surface area contributed by atoms with E-state index in [-0.39, 0.29) is 12.4 Å². The second-order valence-corrected chi connectivity index (χ2v) is 3.56. The lowest BCUT2D eigenvalue weighted by molar-refractivity contribution is 0.508. The van der Waals surface area contributed by atoms with Crippen molar-refractivity contribution in [1.29, 1.82) is 0 Å². The molecule has 1 N–H and O–H groups in total. The Labute approximate surface area is 93.3 Å². The van der Waals surface area contributed by atoms with Gasteiger partial charge < -0.3 is 5.32 Å². The molecule has 0 bridgehead atoms. The number of nitrogens with one attached hydrogen (secondary N) is 1.